The van der Waals surface area contributed by atoms with Gasteiger partial charge in [-0.1, -0.05) is 35.3 Å². The number of carbonyl (C=O) groups is 1. The summed E-state index contributed by atoms with van der Waals surface area (Å²) in [6.07, 6.45) is 0. The number of hydrogen-bond acceptors (Lipinski definition) is 2. The summed E-state index contributed by atoms with van der Waals surface area (Å²) in [4.78, 5) is 12.2. The van der Waals surface area contributed by atoms with E-state index in [0.29, 0.717) is 32.4 Å². The highest BCUT2D eigenvalue weighted by molar-refractivity contribution is 9.10. The van der Waals surface area contributed by atoms with E-state index in [4.69, 9.17) is 27.9 Å². The highest BCUT2D eigenvalue weighted by Crippen LogP contribution is 2.26. The lowest BCUT2D eigenvalue weighted by atomic mass is 10.2. The van der Waals surface area contributed by atoms with Crippen molar-refractivity contribution in [1.29, 1.82) is 0 Å². The van der Waals surface area contributed by atoms with Gasteiger partial charge in [-0.3, -0.25) is 4.79 Å². The molecule has 0 spiro atoms. The van der Waals surface area contributed by atoms with Crippen LogP contribution < -0.4 is 10.1 Å². The van der Waals surface area contributed by atoms with Gasteiger partial charge in [-0.2, -0.15) is 0 Å². The number of nitrogens with one attached hydrogen (secondary N) is 1. The molecule has 0 fully saturated rings. The molecule has 1 amide bonds. The molecule has 110 valence electrons. The summed E-state index contributed by atoms with van der Waals surface area (Å²) < 4.78 is 5.74. The van der Waals surface area contributed by atoms with E-state index in [0.717, 1.165) is 5.56 Å². The average Bonchev–Trinajstić information content (AvgIpc) is 2.45. The van der Waals surface area contributed by atoms with Gasteiger partial charge in [0.1, 0.15) is 5.75 Å². The summed E-state index contributed by atoms with van der Waals surface area (Å²) in [6, 6.07) is 10.6. The van der Waals surface area contributed by atoms with Crippen LogP contribution >= 0.6 is 39.1 Å². The number of benzene rings is 2. The van der Waals surface area contributed by atoms with Gasteiger partial charge in [0, 0.05) is 11.0 Å². The van der Waals surface area contributed by atoms with Crippen LogP contribution in [0.15, 0.2) is 40.9 Å². The van der Waals surface area contributed by atoms with E-state index in [2.05, 4.69) is 21.2 Å². The maximum absolute atomic E-state index is 12.2. The van der Waals surface area contributed by atoms with Crippen LogP contribution in [0.2, 0.25) is 10.0 Å². The second-order valence-corrected chi connectivity index (χ2v) is 5.92. The zero-order valence-electron chi connectivity index (χ0n) is 11.1. The number of carbonyl (C=O) groups excluding carboxylic acids is 1. The Balaban J connectivity index is 2.09. The molecule has 2 aromatic carbocycles. The van der Waals surface area contributed by atoms with Gasteiger partial charge in [0.2, 0.25) is 0 Å². The molecule has 0 radical (unpaired) electrons. The van der Waals surface area contributed by atoms with Crippen molar-refractivity contribution in [3.63, 3.8) is 0 Å². The van der Waals surface area contributed by atoms with E-state index in [9.17, 15) is 4.79 Å². The fourth-order valence-corrected chi connectivity index (χ4v) is 3.01. The van der Waals surface area contributed by atoms with Crippen molar-refractivity contribution in [3.8, 4) is 5.75 Å². The zero-order valence-corrected chi connectivity index (χ0v) is 14.2. The summed E-state index contributed by atoms with van der Waals surface area (Å²) >= 11 is 15.4. The topological polar surface area (TPSA) is 38.3 Å². The van der Waals surface area contributed by atoms with Crippen LogP contribution in [0.3, 0.4) is 0 Å². The Labute approximate surface area is 141 Å². The molecule has 0 bridgehead atoms. The summed E-state index contributed by atoms with van der Waals surface area (Å²) in [5, 5.41) is 3.71. The zero-order chi connectivity index (χ0) is 15.4. The third-order valence-corrected chi connectivity index (χ3v) is 4.13. The molecule has 0 aliphatic carbocycles. The minimum Gasteiger partial charge on any atom is -0.495 e. The van der Waals surface area contributed by atoms with Crippen LogP contribution in [0.1, 0.15) is 15.9 Å². The molecule has 0 aromatic heterocycles. The predicted molar refractivity (Wildman–Crippen MR) is 88.3 cm³/mol. The van der Waals surface area contributed by atoms with Crippen LogP contribution in [0, 0.1) is 0 Å². The second-order valence-electron chi connectivity index (χ2n) is 4.25. The molecule has 0 aliphatic rings. The predicted octanol–water partition coefficient (Wildman–Crippen LogP) is 4.69. The molecule has 0 unspecified atom stereocenters. The SMILES string of the molecule is COc1ccc(CNC(=O)c2c(Cl)cccc2Br)cc1Cl. The van der Waals surface area contributed by atoms with Gasteiger partial charge in [-0.15, -0.1) is 0 Å². The van der Waals surface area contributed by atoms with Gasteiger partial charge in [0.25, 0.3) is 5.91 Å². The van der Waals surface area contributed by atoms with Crippen LogP contribution in [0.4, 0.5) is 0 Å². The van der Waals surface area contributed by atoms with E-state index < -0.39 is 0 Å². The first-order chi connectivity index (χ1) is 10.0. The molecule has 0 aliphatic heterocycles. The Morgan fingerprint density at radius 2 is 2.00 bits per heavy atom. The van der Waals surface area contributed by atoms with Crippen LogP contribution in [-0.4, -0.2) is 13.0 Å². The third kappa shape index (κ3) is 3.90. The summed E-state index contributed by atoms with van der Waals surface area (Å²) in [7, 11) is 1.55. The van der Waals surface area contributed by atoms with Crippen molar-refractivity contribution in [2.24, 2.45) is 0 Å². The number of rotatable bonds is 4. The minimum atomic E-state index is -0.251. The largest absolute Gasteiger partial charge is 0.495 e. The normalized spacial score (nSPS) is 10.3. The highest BCUT2D eigenvalue weighted by Gasteiger charge is 2.13. The van der Waals surface area contributed by atoms with Gasteiger partial charge < -0.3 is 10.1 Å². The Hall–Kier alpha value is -1.23. The summed E-state index contributed by atoms with van der Waals surface area (Å²) in [5.41, 5.74) is 1.29. The highest BCUT2D eigenvalue weighted by atomic mass is 79.9. The average molecular weight is 389 g/mol. The molecular formula is C15H12BrCl2NO2. The Bertz CT molecular complexity index is 656. The fraction of sp³-hybridized carbons (Fsp3) is 0.133. The van der Waals surface area contributed by atoms with Crippen molar-refractivity contribution < 1.29 is 9.53 Å². The Kier molecular flexibility index (Phi) is 5.51. The standard InChI is InChI=1S/C15H12BrCl2NO2/c1-21-13-6-5-9(7-12(13)18)8-19-15(20)14-10(16)3-2-4-11(14)17/h2-7H,8H2,1H3,(H,19,20). The van der Waals surface area contributed by atoms with Crippen molar-refractivity contribution in [3.05, 3.63) is 62.0 Å². The van der Waals surface area contributed by atoms with Crippen molar-refractivity contribution >= 4 is 45.0 Å². The summed E-state index contributed by atoms with van der Waals surface area (Å²) in [5.74, 6) is 0.347. The molecule has 0 atom stereocenters. The van der Waals surface area contributed by atoms with Crippen molar-refractivity contribution in [1.82, 2.24) is 5.32 Å². The first-order valence-electron chi connectivity index (χ1n) is 6.07. The molecule has 0 saturated carbocycles. The minimum absolute atomic E-state index is 0.251. The molecule has 0 saturated heterocycles. The maximum atomic E-state index is 12.2. The number of halogens is 3. The fourth-order valence-electron chi connectivity index (χ4n) is 1.81. The van der Waals surface area contributed by atoms with E-state index in [1.165, 1.54) is 0 Å². The van der Waals surface area contributed by atoms with Crippen LogP contribution in [-0.2, 0) is 6.54 Å². The smallest absolute Gasteiger partial charge is 0.254 e. The van der Waals surface area contributed by atoms with Crippen molar-refractivity contribution in [2.45, 2.75) is 6.54 Å². The molecular weight excluding hydrogens is 377 g/mol. The summed E-state index contributed by atoms with van der Waals surface area (Å²) in [6.45, 7) is 0.347. The van der Waals surface area contributed by atoms with Crippen molar-refractivity contribution in [2.75, 3.05) is 7.11 Å². The maximum Gasteiger partial charge on any atom is 0.254 e. The van der Waals surface area contributed by atoms with E-state index in [1.807, 2.05) is 6.07 Å². The quantitative estimate of drug-likeness (QED) is 0.824. The lowest BCUT2D eigenvalue weighted by Gasteiger charge is -2.10. The van der Waals surface area contributed by atoms with E-state index in [1.54, 1.807) is 37.4 Å². The lowest BCUT2D eigenvalue weighted by Crippen LogP contribution is -2.23. The van der Waals surface area contributed by atoms with Crippen LogP contribution in [0.5, 0.6) is 5.75 Å². The second kappa shape index (κ2) is 7.16. The number of amides is 1. The number of ether oxygens (including phenoxy) is 1. The third-order valence-electron chi connectivity index (χ3n) is 2.86. The van der Waals surface area contributed by atoms with E-state index in [-0.39, 0.29) is 5.91 Å². The van der Waals surface area contributed by atoms with Crippen LogP contribution in [0.25, 0.3) is 0 Å². The van der Waals surface area contributed by atoms with E-state index >= 15 is 0 Å². The molecule has 0 heterocycles. The van der Waals surface area contributed by atoms with Gasteiger partial charge in [-0.25, -0.2) is 0 Å². The molecule has 3 nitrogen and oxygen atoms in total. The van der Waals surface area contributed by atoms with Gasteiger partial charge >= 0.3 is 0 Å². The monoisotopic (exact) mass is 387 g/mol. The number of hydrogen-bond donors (Lipinski definition) is 1. The van der Waals surface area contributed by atoms with Gasteiger partial charge in [-0.05, 0) is 45.8 Å². The molecule has 1 N–H and O–H groups in total. The lowest BCUT2D eigenvalue weighted by molar-refractivity contribution is 0.0950. The van der Waals surface area contributed by atoms with Gasteiger partial charge in [0.15, 0.2) is 0 Å². The molecule has 2 rings (SSSR count). The number of methoxy groups -OCH3 is 1. The Morgan fingerprint density at radius 1 is 1.24 bits per heavy atom. The molecule has 2 aromatic rings. The van der Waals surface area contributed by atoms with Gasteiger partial charge in [0.05, 0.1) is 22.7 Å². The first-order valence-corrected chi connectivity index (χ1v) is 7.62. The first kappa shape index (κ1) is 16.1. The molecule has 6 heteroatoms. The Morgan fingerprint density at radius 3 is 2.62 bits per heavy atom. The molecule has 21 heavy (non-hydrogen) atoms.